The quantitative estimate of drug-likeness (QED) is 0.487. The molecule has 0 saturated carbocycles. The summed E-state index contributed by atoms with van der Waals surface area (Å²) in [4.78, 5) is 10.2. The highest BCUT2D eigenvalue weighted by molar-refractivity contribution is 5.74. The number of hydrogen-bond acceptors (Lipinski definition) is 4. The fraction of sp³-hybridized carbons (Fsp3) is 0.875. The number of hydrogen-bond donors (Lipinski definition) is 2. The van der Waals surface area contributed by atoms with Crippen molar-refractivity contribution < 1.29 is 14.3 Å². The maximum atomic E-state index is 10.2. The highest BCUT2D eigenvalue weighted by Gasteiger charge is 1.97. The molecule has 0 saturated heterocycles. The molecule has 5 nitrogen and oxygen atoms in total. The Bertz CT molecular complexity index is 141. The van der Waals surface area contributed by atoms with Gasteiger partial charge >= 0.3 is 0 Å². The summed E-state index contributed by atoms with van der Waals surface area (Å²) in [5.74, 6) is -0.440. The van der Waals surface area contributed by atoms with Gasteiger partial charge in [-0.05, 0) is 6.92 Å². The lowest BCUT2D eigenvalue weighted by Crippen LogP contribution is -2.29. The van der Waals surface area contributed by atoms with Gasteiger partial charge in [0.25, 0.3) is 0 Å². The summed E-state index contributed by atoms with van der Waals surface area (Å²) in [6.07, 6.45) is 0.191. The topological polar surface area (TPSA) is 73.6 Å². The summed E-state index contributed by atoms with van der Waals surface area (Å²) in [6.45, 7) is 3.91. The Morgan fingerprint density at radius 2 is 2.31 bits per heavy atom. The third-order valence-corrected chi connectivity index (χ3v) is 1.50. The molecule has 3 N–H and O–H groups in total. The van der Waals surface area contributed by atoms with E-state index in [1.54, 1.807) is 7.11 Å². The number of nitrogens with one attached hydrogen (secondary N) is 1. The molecule has 0 aromatic heterocycles. The largest absolute Gasteiger partial charge is 0.380 e. The summed E-state index contributed by atoms with van der Waals surface area (Å²) in [5.41, 5.74) is 4.87. The molecule has 0 radical (unpaired) electrons. The van der Waals surface area contributed by atoms with Gasteiger partial charge in [0, 0.05) is 20.2 Å². The van der Waals surface area contributed by atoms with Gasteiger partial charge in [0.05, 0.1) is 12.7 Å². The maximum Gasteiger partial charge on any atom is 0.243 e. The van der Waals surface area contributed by atoms with Gasteiger partial charge in [-0.25, -0.2) is 0 Å². The van der Waals surface area contributed by atoms with Crippen molar-refractivity contribution in [3.63, 3.8) is 0 Å². The van der Waals surface area contributed by atoms with E-state index in [2.05, 4.69) is 5.32 Å². The summed E-state index contributed by atoms with van der Waals surface area (Å²) in [6, 6.07) is 0. The first kappa shape index (κ1) is 12.3. The molecule has 0 aliphatic rings. The predicted molar refractivity (Wildman–Crippen MR) is 49.4 cm³/mol. The summed E-state index contributed by atoms with van der Waals surface area (Å²) in [5, 5.41) is 3.11. The van der Waals surface area contributed by atoms with Crippen molar-refractivity contribution in [1.82, 2.24) is 5.32 Å². The van der Waals surface area contributed by atoms with Gasteiger partial charge < -0.3 is 20.5 Å². The molecule has 0 fully saturated rings. The van der Waals surface area contributed by atoms with Gasteiger partial charge in [-0.2, -0.15) is 0 Å². The van der Waals surface area contributed by atoms with E-state index in [1.807, 2.05) is 6.92 Å². The molecule has 0 bridgehead atoms. The maximum absolute atomic E-state index is 10.2. The van der Waals surface area contributed by atoms with Crippen LogP contribution in [0.25, 0.3) is 0 Å². The van der Waals surface area contributed by atoms with Gasteiger partial charge in [0.1, 0.15) is 6.61 Å². The van der Waals surface area contributed by atoms with Crippen molar-refractivity contribution in [2.75, 3.05) is 33.4 Å². The van der Waals surface area contributed by atoms with Gasteiger partial charge in [-0.3, -0.25) is 4.79 Å². The standard InChI is InChI=1S/C8H18N2O3/c1-7(12-2)5-10-3-4-13-6-8(9)11/h7,10H,3-6H2,1-2H3,(H2,9,11). The minimum atomic E-state index is -0.440. The molecule has 0 spiro atoms. The number of nitrogens with two attached hydrogens (primary N) is 1. The van der Waals surface area contributed by atoms with Crippen molar-refractivity contribution in [3.05, 3.63) is 0 Å². The summed E-state index contributed by atoms with van der Waals surface area (Å²) < 4.78 is 9.95. The van der Waals surface area contributed by atoms with Crippen molar-refractivity contribution in [3.8, 4) is 0 Å². The van der Waals surface area contributed by atoms with Crippen LogP contribution in [0.5, 0.6) is 0 Å². The second-order valence-corrected chi connectivity index (χ2v) is 2.77. The zero-order chi connectivity index (χ0) is 10.1. The zero-order valence-electron chi connectivity index (χ0n) is 8.21. The Hall–Kier alpha value is -0.650. The van der Waals surface area contributed by atoms with Gasteiger partial charge in [-0.15, -0.1) is 0 Å². The third kappa shape index (κ3) is 9.26. The number of carbonyl (C=O) groups excluding carboxylic acids is 1. The SMILES string of the molecule is COC(C)CNCCOCC(N)=O. The molecule has 0 aliphatic heterocycles. The number of amides is 1. The second kappa shape index (κ2) is 7.97. The molecule has 1 unspecified atom stereocenters. The van der Waals surface area contributed by atoms with Crippen molar-refractivity contribution in [2.24, 2.45) is 5.73 Å². The third-order valence-electron chi connectivity index (χ3n) is 1.50. The van der Waals surface area contributed by atoms with E-state index >= 15 is 0 Å². The molecule has 0 aliphatic carbocycles. The number of carbonyl (C=O) groups is 1. The van der Waals surface area contributed by atoms with E-state index in [9.17, 15) is 4.79 Å². The second-order valence-electron chi connectivity index (χ2n) is 2.77. The lowest BCUT2D eigenvalue weighted by atomic mass is 10.4. The molecule has 0 rings (SSSR count). The van der Waals surface area contributed by atoms with Crippen LogP contribution in [0.1, 0.15) is 6.92 Å². The van der Waals surface area contributed by atoms with Crippen LogP contribution in [0.3, 0.4) is 0 Å². The summed E-state index contributed by atoms with van der Waals surface area (Å²) >= 11 is 0. The van der Waals surface area contributed by atoms with Gasteiger partial charge in [0.2, 0.25) is 5.91 Å². The monoisotopic (exact) mass is 190 g/mol. The van der Waals surface area contributed by atoms with Gasteiger partial charge in [-0.1, -0.05) is 0 Å². The number of methoxy groups -OCH3 is 1. The first-order valence-electron chi connectivity index (χ1n) is 4.26. The van der Waals surface area contributed by atoms with Crippen LogP contribution in [0.2, 0.25) is 0 Å². The fourth-order valence-electron chi connectivity index (χ4n) is 0.706. The van der Waals surface area contributed by atoms with Crippen molar-refractivity contribution in [1.29, 1.82) is 0 Å². The Balaban J connectivity index is 3.04. The molecule has 0 heterocycles. The van der Waals surface area contributed by atoms with E-state index in [0.717, 1.165) is 6.54 Å². The zero-order valence-corrected chi connectivity index (χ0v) is 8.21. The van der Waals surface area contributed by atoms with E-state index < -0.39 is 5.91 Å². The average Bonchev–Trinajstić information content (AvgIpc) is 2.10. The van der Waals surface area contributed by atoms with Crippen LogP contribution >= 0.6 is 0 Å². The molecule has 0 aromatic rings. The summed E-state index contributed by atoms with van der Waals surface area (Å²) in [7, 11) is 1.66. The lowest BCUT2D eigenvalue weighted by molar-refractivity contribution is -0.122. The highest BCUT2D eigenvalue weighted by Crippen LogP contribution is 1.82. The Morgan fingerprint density at radius 3 is 2.85 bits per heavy atom. The van der Waals surface area contributed by atoms with Crippen LogP contribution in [0, 0.1) is 0 Å². The van der Waals surface area contributed by atoms with E-state index in [1.165, 1.54) is 0 Å². The Morgan fingerprint density at radius 1 is 1.62 bits per heavy atom. The van der Waals surface area contributed by atoms with Crippen LogP contribution in [0.15, 0.2) is 0 Å². The van der Waals surface area contributed by atoms with Crippen LogP contribution in [-0.2, 0) is 14.3 Å². The molecular weight excluding hydrogens is 172 g/mol. The highest BCUT2D eigenvalue weighted by atomic mass is 16.5. The van der Waals surface area contributed by atoms with Crippen LogP contribution < -0.4 is 11.1 Å². The predicted octanol–water partition coefficient (Wildman–Crippen LogP) is -0.887. The number of rotatable bonds is 8. The van der Waals surface area contributed by atoms with E-state index in [-0.39, 0.29) is 12.7 Å². The molecular formula is C8H18N2O3. The normalized spacial score (nSPS) is 12.8. The minimum absolute atomic E-state index is 0.0124. The van der Waals surface area contributed by atoms with Crippen LogP contribution in [0.4, 0.5) is 0 Å². The lowest BCUT2D eigenvalue weighted by Gasteiger charge is -2.10. The first-order chi connectivity index (χ1) is 6.16. The number of primary amides is 1. The van der Waals surface area contributed by atoms with Gasteiger partial charge in [0.15, 0.2) is 0 Å². The molecule has 1 atom stereocenters. The van der Waals surface area contributed by atoms with E-state index in [0.29, 0.717) is 13.2 Å². The molecule has 5 heteroatoms. The van der Waals surface area contributed by atoms with E-state index in [4.69, 9.17) is 15.2 Å². The molecule has 78 valence electrons. The molecule has 0 aromatic carbocycles. The van der Waals surface area contributed by atoms with Crippen molar-refractivity contribution in [2.45, 2.75) is 13.0 Å². The number of ether oxygens (including phenoxy) is 2. The molecule has 13 heavy (non-hydrogen) atoms. The minimum Gasteiger partial charge on any atom is -0.380 e. The Kier molecular flexibility index (Phi) is 7.57. The Labute approximate surface area is 78.6 Å². The first-order valence-corrected chi connectivity index (χ1v) is 4.26. The van der Waals surface area contributed by atoms with Crippen LogP contribution in [-0.4, -0.2) is 45.4 Å². The average molecular weight is 190 g/mol. The smallest absolute Gasteiger partial charge is 0.243 e. The van der Waals surface area contributed by atoms with Crippen molar-refractivity contribution >= 4 is 5.91 Å². The molecule has 1 amide bonds. The fourth-order valence-corrected chi connectivity index (χ4v) is 0.706.